The number of carbonyl (C=O) groups excluding carboxylic acids is 2. The summed E-state index contributed by atoms with van der Waals surface area (Å²) in [6.07, 6.45) is 3.35. The third kappa shape index (κ3) is 5.40. The van der Waals surface area contributed by atoms with Gasteiger partial charge in [-0.05, 0) is 48.9 Å². The van der Waals surface area contributed by atoms with E-state index in [9.17, 15) is 9.59 Å². The monoisotopic (exact) mass is 395 g/mol. The quantitative estimate of drug-likeness (QED) is 0.597. The van der Waals surface area contributed by atoms with E-state index < -0.39 is 0 Å². The average Bonchev–Trinajstić information content (AvgIpc) is 3.06. The van der Waals surface area contributed by atoms with Gasteiger partial charge >= 0.3 is 0 Å². The first kappa shape index (κ1) is 19.6. The summed E-state index contributed by atoms with van der Waals surface area (Å²) in [5.41, 5.74) is 2.55. The van der Waals surface area contributed by atoms with Crippen LogP contribution in [0.1, 0.15) is 17.0 Å². The van der Waals surface area contributed by atoms with Crippen molar-refractivity contribution in [1.82, 2.24) is 10.3 Å². The van der Waals surface area contributed by atoms with E-state index in [1.807, 2.05) is 49.4 Å². The van der Waals surface area contributed by atoms with Crippen molar-refractivity contribution in [2.24, 2.45) is 0 Å². The van der Waals surface area contributed by atoms with Crippen molar-refractivity contribution in [3.63, 3.8) is 0 Å². The van der Waals surface area contributed by atoms with Crippen LogP contribution in [0.5, 0.6) is 5.75 Å². The molecule has 7 heteroatoms. The maximum absolute atomic E-state index is 12.1. The lowest BCUT2D eigenvalue weighted by Gasteiger charge is -2.05. The van der Waals surface area contributed by atoms with Crippen LogP contribution < -0.4 is 15.4 Å². The molecule has 0 radical (unpaired) electrons. The Balaban J connectivity index is 1.43. The largest absolute Gasteiger partial charge is 0.497 e. The molecule has 2 aromatic carbocycles. The van der Waals surface area contributed by atoms with E-state index in [4.69, 9.17) is 4.74 Å². The number of hydrogen-bond acceptors (Lipinski definition) is 5. The molecule has 0 aliphatic heterocycles. The van der Waals surface area contributed by atoms with Gasteiger partial charge in [-0.25, -0.2) is 4.98 Å². The maximum atomic E-state index is 12.1. The lowest BCUT2D eigenvalue weighted by Crippen LogP contribution is -2.26. The standard InChI is InChI=1S/C21H21N3O3S/c1-14-23-18-9-6-16(13-19(18)28-14)24-21(26)11-12-22-20(25)10-5-15-3-7-17(27-2)8-4-15/h3-10,13H,11-12H2,1-2H3,(H,22,25)(H,24,26)/b10-5+. The molecule has 0 aliphatic rings. The summed E-state index contributed by atoms with van der Waals surface area (Å²) in [6, 6.07) is 13.0. The molecule has 3 aromatic rings. The van der Waals surface area contributed by atoms with Gasteiger partial charge < -0.3 is 15.4 Å². The second-order valence-electron chi connectivity index (χ2n) is 6.11. The number of hydrogen-bond donors (Lipinski definition) is 2. The Bertz CT molecular complexity index is 1010. The van der Waals surface area contributed by atoms with E-state index in [1.165, 1.54) is 6.08 Å². The smallest absolute Gasteiger partial charge is 0.244 e. The summed E-state index contributed by atoms with van der Waals surface area (Å²) in [4.78, 5) is 28.3. The summed E-state index contributed by atoms with van der Waals surface area (Å²) in [5, 5.41) is 6.54. The number of fused-ring (bicyclic) bond motifs is 1. The van der Waals surface area contributed by atoms with E-state index in [0.717, 1.165) is 32.2 Å². The topological polar surface area (TPSA) is 80.3 Å². The summed E-state index contributed by atoms with van der Waals surface area (Å²) in [5.74, 6) is 0.363. The van der Waals surface area contributed by atoms with Gasteiger partial charge in [-0.2, -0.15) is 0 Å². The SMILES string of the molecule is COc1ccc(/C=C/C(=O)NCCC(=O)Nc2ccc3nc(C)sc3c2)cc1. The Hall–Kier alpha value is -3.19. The van der Waals surface area contributed by atoms with Crippen molar-refractivity contribution in [2.45, 2.75) is 13.3 Å². The van der Waals surface area contributed by atoms with Gasteiger partial charge in [0.2, 0.25) is 11.8 Å². The van der Waals surface area contributed by atoms with Gasteiger partial charge in [-0.1, -0.05) is 12.1 Å². The summed E-state index contributed by atoms with van der Waals surface area (Å²) in [7, 11) is 1.60. The number of aromatic nitrogens is 1. The van der Waals surface area contributed by atoms with E-state index >= 15 is 0 Å². The fourth-order valence-corrected chi connectivity index (χ4v) is 3.45. The van der Waals surface area contributed by atoms with Gasteiger partial charge in [0.1, 0.15) is 5.75 Å². The molecule has 0 fully saturated rings. The van der Waals surface area contributed by atoms with E-state index in [2.05, 4.69) is 15.6 Å². The number of anilines is 1. The third-order valence-electron chi connectivity index (χ3n) is 3.97. The number of nitrogens with one attached hydrogen (secondary N) is 2. The number of carbonyl (C=O) groups is 2. The average molecular weight is 395 g/mol. The minimum absolute atomic E-state index is 0.153. The fraction of sp³-hybridized carbons (Fsp3) is 0.190. The molecule has 0 atom stereocenters. The van der Waals surface area contributed by atoms with E-state index in [1.54, 1.807) is 24.5 Å². The molecule has 144 valence electrons. The van der Waals surface area contributed by atoms with Crippen LogP contribution in [0.3, 0.4) is 0 Å². The number of ether oxygens (including phenoxy) is 1. The molecule has 2 amide bonds. The van der Waals surface area contributed by atoms with Gasteiger partial charge in [0.05, 0.1) is 22.3 Å². The van der Waals surface area contributed by atoms with Gasteiger partial charge in [-0.15, -0.1) is 11.3 Å². The highest BCUT2D eigenvalue weighted by Gasteiger charge is 2.06. The predicted molar refractivity (Wildman–Crippen MR) is 113 cm³/mol. The second kappa shape index (κ2) is 9.14. The van der Waals surface area contributed by atoms with Crippen LogP contribution in [-0.2, 0) is 9.59 Å². The van der Waals surface area contributed by atoms with Crippen LogP contribution in [0, 0.1) is 6.92 Å². The van der Waals surface area contributed by atoms with Crippen LogP contribution in [0.25, 0.3) is 16.3 Å². The summed E-state index contributed by atoms with van der Waals surface area (Å²) >= 11 is 1.59. The van der Waals surface area contributed by atoms with Crippen LogP contribution in [-0.4, -0.2) is 30.5 Å². The van der Waals surface area contributed by atoms with Crippen molar-refractivity contribution in [3.05, 3.63) is 59.1 Å². The van der Waals surface area contributed by atoms with Crippen molar-refractivity contribution in [1.29, 1.82) is 0 Å². The van der Waals surface area contributed by atoms with Crippen LogP contribution in [0.4, 0.5) is 5.69 Å². The molecule has 3 rings (SSSR count). The third-order valence-corrected chi connectivity index (χ3v) is 4.91. The Labute approximate surface area is 167 Å². The van der Waals surface area contributed by atoms with E-state index in [0.29, 0.717) is 0 Å². The summed E-state index contributed by atoms with van der Waals surface area (Å²) in [6.45, 7) is 2.22. The molecule has 2 N–H and O–H groups in total. The minimum atomic E-state index is -0.245. The van der Waals surface area contributed by atoms with Crippen molar-refractivity contribution < 1.29 is 14.3 Å². The number of rotatable bonds is 7. The zero-order valence-electron chi connectivity index (χ0n) is 15.7. The molecule has 0 unspecified atom stereocenters. The molecule has 0 bridgehead atoms. The molecule has 0 aliphatic carbocycles. The molecule has 0 saturated heterocycles. The molecule has 0 spiro atoms. The molecule has 1 aromatic heterocycles. The lowest BCUT2D eigenvalue weighted by molar-refractivity contribution is -0.117. The van der Waals surface area contributed by atoms with Gasteiger partial charge in [0.25, 0.3) is 0 Å². The number of aryl methyl sites for hydroxylation is 1. The maximum Gasteiger partial charge on any atom is 0.244 e. The number of methoxy groups -OCH3 is 1. The van der Waals surface area contributed by atoms with Crippen molar-refractivity contribution in [3.8, 4) is 5.75 Å². The summed E-state index contributed by atoms with van der Waals surface area (Å²) < 4.78 is 6.13. The first-order chi connectivity index (χ1) is 13.5. The van der Waals surface area contributed by atoms with Crippen LogP contribution in [0.15, 0.2) is 48.5 Å². The van der Waals surface area contributed by atoms with Crippen LogP contribution >= 0.6 is 11.3 Å². The predicted octanol–water partition coefficient (Wildman–Crippen LogP) is 3.77. The molecule has 28 heavy (non-hydrogen) atoms. The van der Waals surface area contributed by atoms with Crippen molar-refractivity contribution >= 4 is 45.1 Å². The number of nitrogens with zero attached hydrogens (tertiary/aromatic N) is 1. The van der Waals surface area contributed by atoms with Gasteiger partial charge in [-0.3, -0.25) is 9.59 Å². The molecule has 0 saturated carbocycles. The van der Waals surface area contributed by atoms with Crippen molar-refractivity contribution in [2.75, 3.05) is 19.0 Å². The van der Waals surface area contributed by atoms with Gasteiger partial charge in [0.15, 0.2) is 0 Å². The molecule has 6 nitrogen and oxygen atoms in total. The second-order valence-corrected chi connectivity index (χ2v) is 7.35. The first-order valence-corrected chi connectivity index (χ1v) is 9.62. The fourth-order valence-electron chi connectivity index (χ4n) is 2.59. The number of benzene rings is 2. The first-order valence-electron chi connectivity index (χ1n) is 8.80. The Morgan fingerprint density at radius 1 is 1.18 bits per heavy atom. The van der Waals surface area contributed by atoms with Crippen LogP contribution in [0.2, 0.25) is 0 Å². The Morgan fingerprint density at radius 3 is 2.71 bits per heavy atom. The Kier molecular flexibility index (Phi) is 6.39. The highest BCUT2D eigenvalue weighted by molar-refractivity contribution is 7.18. The van der Waals surface area contributed by atoms with Gasteiger partial charge in [0, 0.05) is 24.7 Å². The van der Waals surface area contributed by atoms with E-state index in [-0.39, 0.29) is 24.8 Å². The minimum Gasteiger partial charge on any atom is -0.497 e. The zero-order chi connectivity index (χ0) is 19.9. The highest BCUT2D eigenvalue weighted by atomic mass is 32.1. The highest BCUT2D eigenvalue weighted by Crippen LogP contribution is 2.24. The number of amides is 2. The molecular formula is C21H21N3O3S. The zero-order valence-corrected chi connectivity index (χ0v) is 16.5. The number of thiazole rings is 1. The Morgan fingerprint density at radius 2 is 1.96 bits per heavy atom. The lowest BCUT2D eigenvalue weighted by atomic mass is 10.2. The molecular weight excluding hydrogens is 374 g/mol. The molecule has 1 heterocycles. The normalized spacial score (nSPS) is 10.9.